The van der Waals surface area contributed by atoms with Gasteiger partial charge in [-0.3, -0.25) is 4.98 Å². The van der Waals surface area contributed by atoms with Crippen LogP contribution in [-0.4, -0.2) is 43.4 Å². The normalized spacial score (nSPS) is 10.5. The third-order valence-corrected chi connectivity index (χ3v) is 2.70. The molecule has 0 aromatic carbocycles. The van der Waals surface area contributed by atoms with Gasteiger partial charge < -0.3 is 10.5 Å². The van der Waals surface area contributed by atoms with Crippen molar-refractivity contribution in [2.24, 2.45) is 0 Å². The largest absolute Gasteiger partial charge is 0.464 e. The van der Waals surface area contributed by atoms with E-state index in [0.717, 1.165) is 0 Å². The van der Waals surface area contributed by atoms with Crippen LogP contribution in [0, 0.1) is 0 Å². The molecule has 3 heterocycles. The summed E-state index contributed by atoms with van der Waals surface area (Å²) in [5.74, 6) is -0.487. The Balaban J connectivity index is 2.25. The molecule has 3 aromatic rings. The fourth-order valence-corrected chi connectivity index (χ4v) is 1.77. The highest BCUT2D eigenvalue weighted by molar-refractivity contribution is 5.94. The Morgan fingerprint density at radius 3 is 2.71 bits per heavy atom. The molecular formula is C11H9N7O3. The van der Waals surface area contributed by atoms with Crippen LogP contribution in [0.5, 0.6) is 0 Å². The quantitative estimate of drug-likeness (QED) is 0.664. The van der Waals surface area contributed by atoms with Gasteiger partial charge in [0.25, 0.3) is 0 Å². The van der Waals surface area contributed by atoms with Crippen LogP contribution >= 0.6 is 0 Å². The average Bonchev–Trinajstić information content (AvgIpc) is 3.13. The third-order valence-electron chi connectivity index (χ3n) is 2.70. The lowest BCUT2D eigenvalue weighted by Crippen LogP contribution is -2.07. The topological polar surface area (TPSA) is 135 Å². The summed E-state index contributed by atoms with van der Waals surface area (Å²) < 4.78 is 10.5. The summed E-state index contributed by atoms with van der Waals surface area (Å²) in [5.41, 5.74) is 6.66. The number of esters is 1. The second-order valence-electron chi connectivity index (χ2n) is 3.90. The van der Waals surface area contributed by atoms with Crippen molar-refractivity contribution in [2.45, 2.75) is 0 Å². The molecule has 3 rings (SSSR count). The summed E-state index contributed by atoms with van der Waals surface area (Å²) in [4.78, 5) is 15.8. The van der Waals surface area contributed by atoms with Gasteiger partial charge in [0.15, 0.2) is 5.69 Å². The number of hydrogen-bond donors (Lipinski definition) is 1. The Kier molecular flexibility index (Phi) is 3.03. The molecule has 0 bridgehead atoms. The van der Waals surface area contributed by atoms with Crippen LogP contribution in [0.3, 0.4) is 0 Å². The van der Waals surface area contributed by atoms with Crippen molar-refractivity contribution < 1.29 is 14.2 Å². The minimum Gasteiger partial charge on any atom is -0.464 e. The predicted octanol–water partition coefficient (Wildman–Crippen LogP) is 0.0811. The zero-order valence-corrected chi connectivity index (χ0v) is 10.8. The Morgan fingerprint density at radius 2 is 2.10 bits per heavy atom. The van der Waals surface area contributed by atoms with Gasteiger partial charge in [0.2, 0.25) is 11.6 Å². The number of nitrogen functional groups attached to an aromatic ring is 1. The molecule has 0 aliphatic rings. The number of pyridine rings is 1. The molecular weight excluding hydrogens is 278 g/mol. The van der Waals surface area contributed by atoms with E-state index in [0.29, 0.717) is 11.3 Å². The number of ether oxygens (including phenoxy) is 1. The fraction of sp³-hybridized carbons (Fsp3) is 0.0909. The first-order valence-corrected chi connectivity index (χ1v) is 5.75. The van der Waals surface area contributed by atoms with Crippen molar-refractivity contribution in [3.63, 3.8) is 0 Å². The van der Waals surface area contributed by atoms with E-state index in [9.17, 15) is 4.79 Å². The Morgan fingerprint density at radius 1 is 1.33 bits per heavy atom. The number of aromatic nitrogens is 6. The summed E-state index contributed by atoms with van der Waals surface area (Å²) in [6.07, 6.45) is 3.14. The number of rotatable bonds is 3. The molecule has 0 aliphatic heterocycles. The van der Waals surface area contributed by atoms with Gasteiger partial charge in [-0.25, -0.2) is 9.42 Å². The van der Waals surface area contributed by atoms with E-state index in [1.807, 2.05) is 0 Å². The highest BCUT2D eigenvalue weighted by Gasteiger charge is 2.25. The zero-order chi connectivity index (χ0) is 14.8. The molecule has 0 saturated carbocycles. The van der Waals surface area contributed by atoms with Crippen molar-refractivity contribution in [2.75, 3.05) is 12.8 Å². The first-order chi connectivity index (χ1) is 10.2. The first kappa shape index (κ1) is 12.7. The Bertz CT molecular complexity index is 780. The SMILES string of the molecule is COC(=O)c1nnn(-c2nonc2N)c1-c1ccncc1. The van der Waals surface area contributed by atoms with Gasteiger partial charge in [0, 0.05) is 18.0 Å². The van der Waals surface area contributed by atoms with Gasteiger partial charge in [-0.05, 0) is 22.4 Å². The van der Waals surface area contributed by atoms with Gasteiger partial charge in [-0.1, -0.05) is 5.21 Å². The molecule has 0 saturated heterocycles. The Hall–Kier alpha value is -3.30. The van der Waals surface area contributed by atoms with Gasteiger partial charge >= 0.3 is 5.97 Å². The number of methoxy groups -OCH3 is 1. The minimum absolute atomic E-state index is 0.0195. The van der Waals surface area contributed by atoms with Crippen LogP contribution in [0.4, 0.5) is 5.82 Å². The summed E-state index contributed by atoms with van der Waals surface area (Å²) in [6.45, 7) is 0. The summed E-state index contributed by atoms with van der Waals surface area (Å²) in [7, 11) is 1.25. The smallest absolute Gasteiger partial charge is 0.360 e. The molecule has 0 radical (unpaired) electrons. The molecule has 106 valence electrons. The van der Waals surface area contributed by atoms with Gasteiger partial charge in [0.1, 0.15) is 5.69 Å². The molecule has 0 unspecified atom stereocenters. The summed E-state index contributed by atoms with van der Waals surface area (Å²) >= 11 is 0. The summed E-state index contributed by atoms with van der Waals surface area (Å²) in [6, 6.07) is 3.37. The molecule has 3 aromatic heterocycles. The van der Waals surface area contributed by atoms with Gasteiger partial charge in [0.05, 0.1) is 7.11 Å². The van der Waals surface area contributed by atoms with Crippen molar-refractivity contribution in [1.82, 2.24) is 30.3 Å². The highest BCUT2D eigenvalue weighted by Crippen LogP contribution is 2.26. The van der Waals surface area contributed by atoms with E-state index in [1.165, 1.54) is 11.8 Å². The van der Waals surface area contributed by atoms with E-state index in [2.05, 4.69) is 30.2 Å². The lowest BCUT2D eigenvalue weighted by atomic mass is 10.1. The molecule has 2 N–H and O–H groups in total. The molecule has 10 nitrogen and oxygen atoms in total. The van der Waals surface area contributed by atoms with Gasteiger partial charge in [-0.2, -0.15) is 4.68 Å². The minimum atomic E-state index is -0.636. The maximum Gasteiger partial charge on any atom is 0.360 e. The Labute approximate surface area is 117 Å². The third kappa shape index (κ3) is 2.08. The van der Waals surface area contributed by atoms with Crippen LogP contribution in [0.2, 0.25) is 0 Å². The van der Waals surface area contributed by atoms with Crippen LogP contribution < -0.4 is 5.73 Å². The zero-order valence-electron chi connectivity index (χ0n) is 10.8. The monoisotopic (exact) mass is 287 g/mol. The lowest BCUT2D eigenvalue weighted by Gasteiger charge is -2.04. The first-order valence-electron chi connectivity index (χ1n) is 5.75. The molecule has 0 fully saturated rings. The number of anilines is 1. The second-order valence-corrected chi connectivity index (χ2v) is 3.90. The lowest BCUT2D eigenvalue weighted by molar-refractivity contribution is 0.0595. The van der Waals surface area contributed by atoms with Crippen LogP contribution in [-0.2, 0) is 4.74 Å². The number of carbonyl (C=O) groups is 1. The van der Waals surface area contributed by atoms with E-state index in [4.69, 9.17) is 10.5 Å². The van der Waals surface area contributed by atoms with Crippen LogP contribution in [0.25, 0.3) is 17.1 Å². The van der Waals surface area contributed by atoms with E-state index in [1.54, 1.807) is 24.5 Å². The van der Waals surface area contributed by atoms with Crippen molar-refractivity contribution >= 4 is 11.8 Å². The fourth-order valence-electron chi connectivity index (χ4n) is 1.77. The highest BCUT2D eigenvalue weighted by atomic mass is 16.6. The maximum absolute atomic E-state index is 11.8. The van der Waals surface area contributed by atoms with E-state index >= 15 is 0 Å². The van der Waals surface area contributed by atoms with E-state index in [-0.39, 0.29) is 17.3 Å². The average molecular weight is 287 g/mol. The molecule has 21 heavy (non-hydrogen) atoms. The number of nitrogens with two attached hydrogens (primary N) is 1. The molecule has 0 aliphatic carbocycles. The number of carbonyl (C=O) groups excluding carboxylic acids is 1. The summed E-state index contributed by atoms with van der Waals surface area (Å²) in [5, 5.41) is 14.8. The van der Waals surface area contributed by atoms with Crippen molar-refractivity contribution in [3.05, 3.63) is 30.2 Å². The van der Waals surface area contributed by atoms with Crippen LogP contribution in [0.15, 0.2) is 29.2 Å². The second kappa shape index (κ2) is 5.00. The number of nitrogens with zero attached hydrogens (tertiary/aromatic N) is 6. The molecule has 0 spiro atoms. The van der Waals surface area contributed by atoms with E-state index < -0.39 is 5.97 Å². The number of hydrogen-bond acceptors (Lipinski definition) is 9. The predicted molar refractivity (Wildman–Crippen MR) is 68.2 cm³/mol. The molecule has 10 heteroatoms. The molecule has 0 amide bonds. The van der Waals surface area contributed by atoms with Crippen molar-refractivity contribution in [1.29, 1.82) is 0 Å². The van der Waals surface area contributed by atoms with Crippen molar-refractivity contribution in [3.8, 4) is 17.1 Å². The van der Waals surface area contributed by atoms with Crippen LogP contribution in [0.1, 0.15) is 10.5 Å². The standard InChI is InChI=1S/C11H9N7O3/c1-20-11(19)7-8(6-2-4-13-5-3-6)18(17-14-7)10-9(12)15-21-16-10/h2-5H,1H3,(H2,12,15). The molecule has 0 atom stereocenters. The maximum atomic E-state index is 11.8. The van der Waals surface area contributed by atoms with Gasteiger partial charge in [-0.15, -0.1) is 5.10 Å².